The number of carbonyl (C=O) groups excluding carboxylic acids is 1. The lowest BCUT2D eigenvalue weighted by atomic mass is 9.55. The molecule has 0 aromatic heterocycles. The number of fused-ring (bicyclic) bond motifs is 5. The van der Waals surface area contributed by atoms with Crippen LogP contribution < -0.4 is 15.1 Å². The molecule has 2 fully saturated rings. The van der Waals surface area contributed by atoms with E-state index in [0.717, 1.165) is 44.1 Å². The first-order valence-electron chi connectivity index (χ1n) is 9.48. The van der Waals surface area contributed by atoms with Gasteiger partial charge in [0.2, 0.25) is 0 Å². The van der Waals surface area contributed by atoms with Crippen LogP contribution in [0.2, 0.25) is 0 Å². The van der Waals surface area contributed by atoms with Crippen LogP contribution in [0.4, 0.5) is 4.79 Å². The highest BCUT2D eigenvalue weighted by Crippen LogP contribution is 2.61. The van der Waals surface area contributed by atoms with Gasteiger partial charge in [-0.15, -0.1) is 0 Å². The first kappa shape index (κ1) is 18.6. The number of hydrogen-bond acceptors (Lipinski definition) is 5. The Morgan fingerprint density at radius 3 is 2.70 bits per heavy atom. The van der Waals surface area contributed by atoms with Crippen molar-refractivity contribution < 1.29 is 22.1 Å². The molecule has 0 radical (unpaired) electrons. The van der Waals surface area contributed by atoms with E-state index in [0.29, 0.717) is 17.8 Å². The molecule has 8 heteroatoms. The summed E-state index contributed by atoms with van der Waals surface area (Å²) in [5.41, 5.74) is 7.70. The minimum absolute atomic E-state index is 0.00954. The fourth-order valence-electron chi connectivity index (χ4n) is 6.03. The molecule has 1 amide bonds. The van der Waals surface area contributed by atoms with Gasteiger partial charge >= 0.3 is 16.4 Å². The van der Waals surface area contributed by atoms with Gasteiger partial charge in [0, 0.05) is 5.41 Å². The zero-order chi connectivity index (χ0) is 19.4. The largest absolute Gasteiger partial charge is 0.446 e. The summed E-state index contributed by atoms with van der Waals surface area (Å²) in [5.74, 6) is 1.77. The number of carbonyl (C=O) groups is 1. The van der Waals surface area contributed by atoms with Crippen molar-refractivity contribution in [2.24, 2.45) is 28.1 Å². The summed E-state index contributed by atoms with van der Waals surface area (Å²) in [6, 6.07) is 5.48. The molecule has 2 saturated carbocycles. The molecule has 148 valence electrons. The third-order valence-electron chi connectivity index (χ3n) is 7.08. The van der Waals surface area contributed by atoms with Crippen LogP contribution >= 0.6 is 0 Å². The summed E-state index contributed by atoms with van der Waals surface area (Å²) in [6.45, 7) is 2.24. The number of rotatable bonds is 3. The zero-order valence-corrected chi connectivity index (χ0v) is 16.2. The van der Waals surface area contributed by atoms with Crippen molar-refractivity contribution in [1.29, 1.82) is 0 Å². The van der Waals surface area contributed by atoms with E-state index in [4.69, 9.17) is 19.8 Å². The highest BCUT2D eigenvalue weighted by atomic mass is 32.2. The van der Waals surface area contributed by atoms with Crippen molar-refractivity contribution in [3.63, 3.8) is 0 Å². The fourth-order valence-corrected chi connectivity index (χ4v) is 6.40. The van der Waals surface area contributed by atoms with Crippen LogP contribution in [0.5, 0.6) is 5.75 Å². The first-order valence-corrected chi connectivity index (χ1v) is 11.0. The van der Waals surface area contributed by atoms with Gasteiger partial charge in [-0.3, -0.25) is 0 Å². The van der Waals surface area contributed by atoms with Gasteiger partial charge in [0.1, 0.15) is 11.9 Å². The summed E-state index contributed by atoms with van der Waals surface area (Å²) in [6.07, 6.45) is 5.10. The fraction of sp³-hybridized carbons (Fsp3) is 0.632. The Kier molecular flexibility index (Phi) is 4.38. The summed E-state index contributed by atoms with van der Waals surface area (Å²) in [5, 5.41) is 4.98. The van der Waals surface area contributed by atoms with Gasteiger partial charge in [-0.2, -0.15) is 13.6 Å². The quantitative estimate of drug-likeness (QED) is 0.816. The molecule has 5 atom stereocenters. The number of primary amides is 1. The molecule has 1 aromatic rings. The molecule has 4 rings (SSSR count). The average Bonchev–Trinajstić information content (AvgIpc) is 2.89. The van der Waals surface area contributed by atoms with Crippen LogP contribution in [-0.4, -0.2) is 20.6 Å². The number of amides is 1. The second-order valence-corrected chi connectivity index (χ2v) is 9.55. The van der Waals surface area contributed by atoms with E-state index < -0.39 is 16.4 Å². The number of nitrogens with two attached hydrogens (primary N) is 2. The molecule has 3 aliphatic rings. The maximum atomic E-state index is 11.3. The van der Waals surface area contributed by atoms with E-state index in [-0.39, 0.29) is 17.3 Å². The van der Waals surface area contributed by atoms with Gasteiger partial charge in [-0.05, 0) is 79.5 Å². The molecule has 7 nitrogen and oxygen atoms in total. The molecular formula is C19H26N2O5S. The zero-order valence-electron chi connectivity index (χ0n) is 15.4. The lowest BCUT2D eigenvalue weighted by molar-refractivity contribution is -0.0291. The van der Waals surface area contributed by atoms with Crippen LogP contribution in [0.1, 0.15) is 56.1 Å². The lowest BCUT2D eigenvalue weighted by Gasteiger charge is -2.50. The number of benzene rings is 1. The van der Waals surface area contributed by atoms with E-state index in [1.165, 1.54) is 5.56 Å². The highest BCUT2D eigenvalue weighted by Gasteiger charge is 2.56. The van der Waals surface area contributed by atoms with E-state index in [1.54, 1.807) is 12.1 Å². The smallest absolute Gasteiger partial charge is 0.404 e. The SMILES string of the molecule is C[C@]12CC[C@@H]3c4ccc(OS(N)(=O)=O)cc4CC[C@H]3[C@@H]1CC[C@@H]2OC(N)=O. The Labute approximate surface area is 159 Å². The number of hydrogen-bond donors (Lipinski definition) is 2. The van der Waals surface area contributed by atoms with Crippen LogP contribution in [0.15, 0.2) is 18.2 Å². The first-order chi connectivity index (χ1) is 12.7. The van der Waals surface area contributed by atoms with Crippen LogP contribution in [-0.2, 0) is 21.5 Å². The molecule has 27 heavy (non-hydrogen) atoms. The van der Waals surface area contributed by atoms with E-state index in [2.05, 4.69) is 6.92 Å². The summed E-state index contributed by atoms with van der Waals surface area (Å²) in [4.78, 5) is 11.3. The van der Waals surface area contributed by atoms with Crippen molar-refractivity contribution in [1.82, 2.24) is 0 Å². The van der Waals surface area contributed by atoms with Gasteiger partial charge in [0.25, 0.3) is 0 Å². The topological polar surface area (TPSA) is 122 Å². The molecule has 0 heterocycles. The minimum atomic E-state index is -4.01. The third-order valence-corrected chi connectivity index (χ3v) is 7.51. The third kappa shape index (κ3) is 3.29. The molecule has 3 aliphatic carbocycles. The maximum absolute atomic E-state index is 11.3. The predicted molar refractivity (Wildman–Crippen MR) is 99.3 cm³/mol. The van der Waals surface area contributed by atoms with Crippen molar-refractivity contribution in [3.05, 3.63) is 29.3 Å². The number of ether oxygens (including phenoxy) is 1. The maximum Gasteiger partial charge on any atom is 0.404 e. The summed E-state index contributed by atoms with van der Waals surface area (Å²) >= 11 is 0. The van der Waals surface area contributed by atoms with Gasteiger partial charge in [-0.25, -0.2) is 4.79 Å². The van der Waals surface area contributed by atoms with Crippen molar-refractivity contribution in [2.75, 3.05) is 0 Å². The van der Waals surface area contributed by atoms with Crippen LogP contribution in [0, 0.1) is 17.3 Å². The second-order valence-electron chi connectivity index (χ2n) is 8.40. The van der Waals surface area contributed by atoms with E-state index in [1.807, 2.05) is 6.07 Å². The standard InChI is InChI=1S/C19H26N2O5S/c1-19-9-8-14-13-5-3-12(26-27(21,23)24)10-11(13)2-4-15(14)16(19)6-7-17(19)25-18(20)22/h3,5,10,14-17H,2,4,6-9H2,1H3,(H2,20,22)(H2,21,23,24)/t14-,15-,16+,17+,19+/m1/s1. The van der Waals surface area contributed by atoms with E-state index >= 15 is 0 Å². The second kappa shape index (κ2) is 6.38. The number of aryl methyl sites for hydroxylation is 1. The normalized spacial score (nSPS) is 34.9. The molecule has 0 saturated heterocycles. The molecule has 0 bridgehead atoms. The molecule has 0 unspecified atom stereocenters. The summed E-state index contributed by atoms with van der Waals surface area (Å²) < 4.78 is 32.6. The van der Waals surface area contributed by atoms with Gasteiger partial charge in [0.15, 0.2) is 0 Å². The van der Waals surface area contributed by atoms with Crippen molar-refractivity contribution in [2.45, 2.75) is 57.5 Å². The van der Waals surface area contributed by atoms with Gasteiger partial charge in [-0.1, -0.05) is 13.0 Å². The van der Waals surface area contributed by atoms with Crippen LogP contribution in [0.25, 0.3) is 0 Å². The highest BCUT2D eigenvalue weighted by molar-refractivity contribution is 7.84. The molecular weight excluding hydrogens is 368 g/mol. The average molecular weight is 394 g/mol. The Hall–Kier alpha value is -1.80. The molecule has 0 aliphatic heterocycles. The predicted octanol–water partition coefficient (Wildman–Crippen LogP) is 2.59. The Morgan fingerprint density at radius 2 is 2.00 bits per heavy atom. The monoisotopic (exact) mass is 394 g/mol. The van der Waals surface area contributed by atoms with Crippen molar-refractivity contribution >= 4 is 16.4 Å². The van der Waals surface area contributed by atoms with Crippen molar-refractivity contribution in [3.8, 4) is 5.75 Å². The molecule has 0 spiro atoms. The van der Waals surface area contributed by atoms with Gasteiger partial charge < -0.3 is 14.7 Å². The molecule has 1 aromatic carbocycles. The Bertz CT molecular complexity index is 871. The Morgan fingerprint density at radius 1 is 1.22 bits per heavy atom. The lowest BCUT2D eigenvalue weighted by Crippen LogP contribution is -2.45. The molecule has 4 N–H and O–H groups in total. The van der Waals surface area contributed by atoms with Gasteiger partial charge in [0.05, 0.1) is 0 Å². The van der Waals surface area contributed by atoms with E-state index in [9.17, 15) is 13.2 Å². The summed E-state index contributed by atoms with van der Waals surface area (Å²) in [7, 11) is -4.01. The Balaban J connectivity index is 1.59. The van der Waals surface area contributed by atoms with Crippen LogP contribution in [0.3, 0.4) is 0 Å². The minimum Gasteiger partial charge on any atom is -0.446 e.